The molecule has 1 aliphatic heterocycles. The van der Waals surface area contributed by atoms with E-state index in [1.807, 2.05) is 0 Å². The van der Waals surface area contributed by atoms with Gasteiger partial charge in [0.15, 0.2) is 17.7 Å². The van der Waals surface area contributed by atoms with E-state index in [0.29, 0.717) is 33.7 Å². The third-order valence-electron chi connectivity index (χ3n) is 5.49. The van der Waals surface area contributed by atoms with Gasteiger partial charge in [0.05, 0.1) is 10.9 Å². The Balaban J connectivity index is 1.36. The molecule has 0 spiro atoms. The standard InChI is InChI=1S/C20H21ClO9/c1-7-2-9-3-8(4-12(21)18(9)29-7)14(22)10-5-11(10)19(26)28-6-13-15(23)16(24)17(25)20(27)30-13/h2-4,10-11,13,15-17,20,23-25,27H,5-6H2,1H3/t10-,11-,13?,15+,16-,17+,20?/m0/s1. The van der Waals surface area contributed by atoms with Gasteiger partial charge in [0.25, 0.3) is 0 Å². The van der Waals surface area contributed by atoms with Crippen LogP contribution < -0.4 is 0 Å². The Morgan fingerprint density at radius 2 is 1.83 bits per heavy atom. The third-order valence-corrected chi connectivity index (χ3v) is 5.77. The number of rotatable bonds is 5. The zero-order chi connectivity index (χ0) is 21.7. The predicted octanol–water partition coefficient (Wildman–Crippen LogP) is 0.557. The van der Waals surface area contributed by atoms with Gasteiger partial charge >= 0.3 is 5.97 Å². The summed E-state index contributed by atoms with van der Waals surface area (Å²) in [6.45, 7) is 1.33. The molecule has 4 rings (SSSR count). The Bertz CT molecular complexity index is 986. The van der Waals surface area contributed by atoms with Crippen molar-refractivity contribution in [2.24, 2.45) is 11.8 Å². The van der Waals surface area contributed by atoms with E-state index in [-0.39, 0.29) is 5.78 Å². The fourth-order valence-corrected chi connectivity index (χ4v) is 3.95. The summed E-state index contributed by atoms with van der Waals surface area (Å²) in [5.41, 5.74) is 0.873. The summed E-state index contributed by atoms with van der Waals surface area (Å²) in [7, 11) is 0. The molecule has 2 fully saturated rings. The average Bonchev–Trinajstić information content (AvgIpc) is 3.42. The smallest absolute Gasteiger partial charge is 0.309 e. The summed E-state index contributed by atoms with van der Waals surface area (Å²) in [4.78, 5) is 25.0. The fraction of sp³-hybridized carbons (Fsp3) is 0.500. The fourth-order valence-electron chi connectivity index (χ4n) is 3.68. The van der Waals surface area contributed by atoms with Crippen molar-refractivity contribution in [3.8, 4) is 0 Å². The van der Waals surface area contributed by atoms with E-state index in [4.69, 9.17) is 25.5 Å². The Morgan fingerprint density at radius 3 is 2.57 bits per heavy atom. The van der Waals surface area contributed by atoms with Gasteiger partial charge < -0.3 is 34.3 Å². The van der Waals surface area contributed by atoms with E-state index in [1.54, 1.807) is 19.1 Å². The van der Waals surface area contributed by atoms with Crippen molar-refractivity contribution in [1.29, 1.82) is 0 Å². The number of carbonyl (C=O) groups is 2. The molecule has 162 valence electrons. The number of aliphatic hydroxyl groups is 4. The first-order valence-electron chi connectivity index (χ1n) is 9.45. The van der Waals surface area contributed by atoms with Gasteiger partial charge in [-0.1, -0.05) is 11.6 Å². The van der Waals surface area contributed by atoms with E-state index in [1.165, 1.54) is 6.07 Å². The van der Waals surface area contributed by atoms with Crippen LogP contribution in [0.15, 0.2) is 22.6 Å². The quantitative estimate of drug-likeness (QED) is 0.386. The van der Waals surface area contributed by atoms with Crippen LogP contribution in [-0.4, -0.2) is 69.5 Å². The van der Waals surface area contributed by atoms with Crippen LogP contribution in [0.4, 0.5) is 0 Å². The maximum atomic E-state index is 12.7. The van der Waals surface area contributed by atoms with Crippen LogP contribution in [0.1, 0.15) is 22.5 Å². The number of hydrogen-bond donors (Lipinski definition) is 4. The molecule has 0 amide bonds. The lowest BCUT2D eigenvalue weighted by Crippen LogP contribution is -2.58. The van der Waals surface area contributed by atoms with Crippen molar-refractivity contribution < 1.29 is 43.9 Å². The van der Waals surface area contributed by atoms with Crippen molar-refractivity contribution in [2.75, 3.05) is 6.61 Å². The SMILES string of the molecule is Cc1cc2cc(C(=O)[C@H]3C[C@@H]3C(=O)OCC3OC(O)[C@H](O)[C@@H](O)[C@@H]3O)cc(Cl)c2o1. The highest BCUT2D eigenvalue weighted by molar-refractivity contribution is 6.35. The molecule has 7 atom stereocenters. The van der Waals surface area contributed by atoms with Crippen molar-refractivity contribution in [2.45, 2.75) is 44.1 Å². The summed E-state index contributed by atoms with van der Waals surface area (Å²) in [6.07, 6.45) is -7.45. The zero-order valence-corrected chi connectivity index (χ0v) is 16.7. The first-order chi connectivity index (χ1) is 14.2. The van der Waals surface area contributed by atoms with E-state index in [2.05, 4.69) is 0 Å². The molecule has 4 N–H and O–H groups in total. The molecule has 9 nitrogen and oxygen atoms in total. The molecule has 2 unspecified atom stereocenters. The summed E-state index contributed by atoms with van der Waals surface area (Å²) in [6, 6.07) is 4.95. The van der Waals surface area contributed by atoms with Gasteiger partial charge in [0, 0.05) is 16.9 Å². The van der Waals surface area contributed by atoms with Gasteiger partial charge in [-0.3, -0.25) is 9.59 Å². The summed E-state index contributed by atoms with van der Waals surface area (Å²) in [5.74, 6) is -1.40. The van der Waals surface area contributed by atoms with Crippen molar-refractivity contribution in [3.63, 3.8) is 0 Å². The topological polar surface area (TPSA) is 147 Å². The van der Waals surface area contributed by atoms with Gasteiger partial charge in [-0.05, 0) is 31.5 Å². The molecule has 2 aliphatic rings. The Morgan fingerprint density at radius 1 is 1.10 bits per heavy atom. The molecule has 2 heterocycles. The van der Waals surface area contributed by atoms with Gasteiger partial charge in [-0.25, -0.2) is 0 Å². The second kappa shape index (κ2) is 7.92. The largest absolute Gasteiger partial charge is 0.463 e. The zero-order valence-electron chi connectivity index (χ0n) is 15.9. The lowest BCUT2D eigenvalue weighted by Gasteiger charge is -2.37. The predicted molar refractivity (Wildman–Crippen MR) is 102 cm³/mol. The number of Topliss-reactive ketones (excluding diaryl/α,β-unsaturated/α-hetero) is 1. The monoisotopic (exact) mass is 440 g/mol. The minimum Gasteiger partial charge on any atom is -0.463 e. The normalized spacial score (nSPS) is 33.5. The van der Waals surface area contributed by atoms with Crippen molar-refractivity contribution >= 4 is 34.3 Å². The molecule has 1 saturated carbocycles. The van der Waals surface area contributed by atoms with Crippen molar-refractivity contribution in [3.05, 3.63) is 34.5 Å². The first-order valence-corrected chi connectivity index (χ1v) is 9.83. The number of aliphatic hydroxyl groups excluding tert-OH is 4. The van der Waals surface area contributed by atoms with Gasteiger partial charge in [0.1, 0.15) is 36.8 Å². The van der Waals surface area contributed by atoms with Gasteiger partial charge in [-0.15, -0.1) is 0 Å². The van der Waals surface area contributed by atoms with Crippen molar-refractivity contribution in [1.82, 2.24) is 0 Å². The van der Waals surface area contributed by atoms with Crippen LogP contribution in [0.25, 0.3) is 11.0 Å². The second-order valence-electron chi connectivity index (χ2n) is 7.71. The minimum absolute atomic E-state index is 0.234. The molecule has 30 heavy (non-hydrogen) atoms. The second-order valence-corrected chi connectivity index (χ2v) is 8.12. The molecule has 0 radical (unpaired) electrons. The number of halogens is 1. The Hall–Kier alpha value is -2.01. The minimum atomic E-state index is -1.71. The number of esters is 1. The van der Waals surface area contributed by atoms with E-state index < -0.39 is 55.1 Å². The number of ether oxygens (including phenoxy) is 2. The number of ketones is 1. The Labute approximate surface area is 175 Å². The van der Waals surface area contributed by atoms with Crippen LogP contribution in [0, 0.1) is 18.8 Å². The summed E-state index contributed by atoms with van der Waals surface area (Å²) < 4.78 is 15.5. The highest BCUT2D eigenvalue weighted by Gasteiger charge is 2.50. The van der Waals surface area contributed by atoms with Crippen LogP contribution in [-0.2, 0) is 14.3 Å². The number of aryl methyl sites for hydroxylation is 1. The number of benzene rings is 1. The first kappa shape index (κ1) is 21.2. The Kier molecular flexibility index (Phi) is 5.60. The molecule has 1 aliphatic carbocycles. The molecule has 2 aromatic rings. The third kappa shape index (κ3) is 3.84. The molecule has 10 heteroatoms. The maximum absolute atomic E-state index is 12.7. The highest BCUT2D eigenvalue weighted by atomic mass is 35.5. The average molecular weight is 441 g/mol. The van der Waals surface area contributed by atoms with Crippen LogP contribution >= 0.6 is 11.6 Å². The maximum Gasteiger partial charge on any atom is 0.309 e. The molecule has 0 bridgehead atoms. The molecular formula is C20H21ClO9. The molecule has 1 aromatic carbocycles. The number of carbonyl (C=O) groups excluding carboxylic acids is 2. The highest BCUT2D eigenvalue weighted by Crippen LogP contribution is 2.43. The van der Waals surface area contributed by atoms with E-state index in [9.17, 15) is 30.0 Å². The molecule has 1 aromatic heterocycles. The van der Waals surface area contributed by atoms with Gasteiger partial charge in [0.2, 0.25) is 0 Å². The lowest BCUT2D eigenvalue weighted by molar-refractivity contribution is -0.287. The number of fused-ring (bicyclic) bond motifs is 1. The van der Waals surface area contributed by atoms with Crippen LogP contribution in [0.2, 0.25) is 5.02 Å². The van der Waals surface area contributed by atoms with Crippen LogP contribution in [0.5, 0.6) is 0 Å². The molecular weight excluding hydrogens is 420 g/mol. The van der Waals surface area contributed by atoms with Crippen LogP contribution in [0.3, 0.4) is 0 Å². The summed E-state index contributed by atoms with van der Waals surface area (Å²) in [5, 5.41) is 39.5. The number of furan rings is 1. The summed E-state index contributed by atoms with van der Waals surface area (Å²) >= 11 is 6.19. The molecule has 1 saturated heterocycles. The van der Waals surface area contributed by atoms with E-state index in [0.717, 1.165) is 0 Å². The van der Waals surface area contributed by atoms with E-state index >= 15 is 0 Å². The van der Waals surface area contributed by atoms with Gasteiger partial charge in [-0.2, -0.15) is 0 Å². The number of hydrogen-bond acceptors (Lipinski definition) is 9. The lowest BCUT2D eigenvalue weighted by atomic mass is 9.99.